The van der Waals surface area contributed by atoms with E-state index >= 15 is 0 Å². The van der Waals surface area contributed by atoms with Crippen molar-refractivity contribution in [3.63, 3.8) is 0 Å². The highest BCUT2D eigenvalue weighted by molar-refractivity contribution is 9.10. The van der Waals surface area contributed by atoms with E-state index in [1.165, 1.54) is 4.90 Å². The number of halogens is 1. The molecule has 96 valence electrons. The van der Waals surface area contributed by atoms with Crippen LogP contribution < -0.4 is 4.90 Å². The number of amides is 1. The van der Waals surface area contributed by atoms with E-state index in [0.717, 1.165) is 15.7 Å². The van der Waals surface area contributed by atoms with Crippen molar-refractivity contribution in [2.45, 2.75) is 6.42 Å². The van der Waals surface area contributed by atoms with Crippen LogP contribution in [0.2, 0.25) is 0 Å². The number of hydrogen-bond donors (Lipinski definition) is 1. The molecule has 3 rings (SSSR count). The van der Waals surface area contributed by atoms with E-state index in [4.69, 9.17) is 0 Å². The van der Waals surface area contributed by atoms with E-state index in [1.807, 2.05) is 24.3 Å². The summed E-state index contributed by atoms with van der Waals surface area (Å²) in [4.78, 5) is 31.5. The predicted molar refractivity (Wildman–Crippen MR) is 73.7 cm³/mol. The van der Waals surface area contributed by atoms with Gasteiger partial charge in [0, 0.05) is 4.47 Å². The predicted octanol–water partition coefficient (Wildman–Crippen LogP) is 2.14. The number of benzene rings is 1. The lowest BCUT2D eigenvalue weighted by Crippen LogP contribution is -2.25. The second kappa shape index (κ2) is 4.62. The third-order valence-electron chi connectivity index (χ3n) is 2.96. The van der Waals surface area contributed by atoms with Crippen molar-refractivity contribution in [3.8, 4) is 11.3 Å². The number of carbonyl (C=O) groups excluding carboxylic acids is 2. The average molecular weight is 320 g/mol. The van der Waals surface area contributed by atoms with Crippen LogP contribution in [-0.2, 0) is 9.59 Å². The van der Waals surface area contributed by atoms with Gasteiger partial charge in [-0.25, -0.2) is 4.98 Å². The van der Waals surface area contributed by atoms with Crippen LogP contribution in [0.5, 0.6) is 0 Å². The Hall–Kier alpha value is -1.95. The summed E-state index contributed by atoms with van der Waals surface area (Å²) < 4.78 is 0.997. The van der Waals surface area contributed by atoms with Crippen molar-refractivity contribution in [1.82, 2.24) is 9.97 Å². The Kier molecular flexibility index (Phi) is 2.94. The van der Waals surface area contributed by atoms with Crippen LogP contribution in [0.15, 0.2) is 34.9 Å². The summed E-state index contributed by atoms with van der Waals surface area (Å²) in [5.74, 6) is 0.141. The summed E-state index contributed by atoms with van der Waals surface area (Å²) >= 11 is 3.38. The maximum Gasteiger partial charge on any atom is 0.237 e. The minimum atomic E-state index is -0.207. The summed E-state index contributed by atoms with van der Waals surface area (Å²) in [6.45, 7) is 0.103. The average Bonchev–Trinajstić information content (AvgIpc) is 2.97. The summed E-state index contributed by atoms with van der Waals surface area (Å²) in [6, 6.07) is 7.75. The first-order valence-electron chi connectivity index (χ1n) is 5.76. The second-order valence-corrected chi connectivity index (χ2v) is 5.24. The molecule has 5 nitrogen and oxygen atoms in total. The van der Waals surface area contributed by atoms with Gasteiger partial charge in [-0.2, -0.15) is 0 Å². The Labute approximate surface area is 117 Å². The van der Waals surface area contributed by atoms with Crippen LogP contribution in [0.25, 0.3) is 11.3 Å². The Balaban J connectivity index is 1.89. The molecular formula is C13H10BrN3O2. The maximum atomic E-state index is 11.6. The van der Waals surface area contributed by atoms with Gasteiger partial charge in [-0.3, -0.25) is 14.5 Å². The number of nitrogens with one attached hydrogen (secondary N) is 1. The maximum absolute atomic E-state index is 11.6. The smallest absolute Gasteiger partial charge is 0.237 e. The number of ketones is 1. The van der Waals surface area contributed by atoms with Crippen LogP contribution in [0, 0.1) is 0 Å². The third kappa shape index (κ3) is 2.31. The molecule has 0 radical (unpaired) electrons. The fraction of sp³-hybridized carbons (Fsp3) is 0.154. The van der Waals surface area contributed by atoms with Gasteiger partial charge in [-0.1, -0.05) is 28.1 Å². The molecule has 1 saturated heterocycles. The lowest BCUT2D eigenvalue weighted by Gasteiger charge is -2.09. The number of imidazole rings is 1. The third-order valence-corrected chi connectivity index (χ3v) is 3.49. The molecule has 1 aromatic heterocycles. The largest absolute Gasteiger partial charge is 0.324 e. The Morgan fingerprint density at radius 2 is 1.95 bits per heavy atom. The molecule has 1 aliphatic rings. The number of anilines is 1. The fourth-order valence-electron chi connectivity index (χ4n) is 2.00. The number of aromatic nitrogens is 2. The van der Waals surface area contributed by atoms with E-state index < -0.39 is 0 Å². The number of carbonyl (C=O) groups is 2. The molecule has 0 spiro atoms. The van der Waals surface area contributed by atoms with Crippen LogP contribution in [0.4, 0.5) is 5.95 Å². The number of H-pyrrole nitrogens is 1. The zero-order valence-electron chi connectivity index (χ0n) is 9.89. The minimum absolute atomic E-state index is 0.0334. The minimum Gasteiger partial charge on any atom is -0.324 e. The summed E-state index contributed by atoms with van der Waals surface area (Å²) in [5.41, 5.74) is 1.79. The molecule has 1 N–H and O–H groups in total. The zero-order valence-corrected chi connectivity index (χ0v) is 11.5. The molecule has 1 fully saturated rings. The normalized spacial score (nSPS) is 15.3. The van der Waals surface area contributed by atoms with Gasteiger partial charge in [0.25, 0.3) is 0 Å². The molecular weight excluding hydrogens is 310 g/mol. The number of aromatic amines is 1. The summed E-state index contributed by atoms with van der Waals surface area (Å²) in [5, 5.41) is 0. The number of nitrogens with zero attached hydrogens (tertiary/aromatic N) is 2. The molecule has 0 aliphatic carbocycles. The Bertz CT molecular complexity index is 648. The van der Waals surface area contributed by atoms with Gasteiger partial charge in [-0.15, -0.1) is 0 Å². The van der Waals surface area contributed by atoms with Crippen LogP contribution in [-0.4, -0.2) is 28.2 Å². The molecule has 2 aromatic rings. The van der Waals surface area contributed by atoms with Gasteiger partial charge in [0.1, 0.15) is 0 Å². The summed E-state index contributed by atoms with van der Waals surface area (Å²) in [7, 11) is 0. The molecule has 1 aromatic carbocycles. The van der Waals surface area contributed by atoms with Crippen LogP contribution >= 0.6 is 15.9 Å². The molecule has 6 heteroatoms. The van der Waals surface area contributed by atoms with Crippen LogP contribution in [0.3, 0.4) is 0 Å². The quantitative estimate of drug-likeness (QED) is 0.862. The lowest BCUT2D eigenvalue weighted by molar-refractivity contribution is -0.121. The number of rotatable bonds is 2. The van der Waals surface area contributed by atoms with E-state index in [9.17, 15) is 9.59 Å². The van der Waals surface area contributed by atoms with Crippen molar-refractivity contribution < 1.29 is 9.59 Å². The Morgan fingerprint density at radius 1 is 1.21 bits per heavy atom. The van der Waals surface area contributed by atoms with Gasteiger partial charge >= 0.3 is 0 Å². The lowest BCUT2D eigenvalue weighted by atomic mass is 10.2. The second-order valence-electron chi connectivity index (χ2n) is 4.32. The zero-order chi connectivity index (χ0) is 13.4. The van der Waals surface area contributed by atoms with E-state index in [1.54, 1.807) is 6.20 Å². The number of hydrogen-bond acceptors (Lipinski definition) is 3. The van der Waals surface area contributed by atoms with Gasteiger partial charge in [0.2, 0.25) is 11.9 Å². The van der Waals surface area contributed by atoms with Crippen molar-refractivity contribution in [2.24, 2.45) is 0 Å². The Morgan fingerprint density at radius 3 is 2.58 bits per heavy atom. The molecule has 0 saturated carbocycles. The van der Waals surface area contributed by atoms with Crippen molar-refractivity contribution >= 4 is 33.6 Å². The van der Waals surface area contributed by atoms with Crippen molar-refractivity contribution in [3.05, 3.63) is 34.9 Å². The van der Waals surface area contributed by atoms with Gasteiger partial charge in [-0.05, 0) is 17.7 Å². The molecule has 1 aliphatic heterocycles. The molecule has 2 heterocycles. The molecule has 0 atom stereocenters. The SMILES string of the molecule is O=C1CC(=O)N(c2ncc(-c3ccc(Br)cc3)[nH]2)C1. The molecule has 0 bridgehead atoms. The first-order valence-corrected chi connectivity index (χ1v) is 6.56. The highest BCUT2D eigenvalue weighted by Crippen LogP contribution is 2.23. The van der Waals surface area contributed by atoms with Crippen molar-refractivity contribution in [1.29, 1.82) is 0 Å². The van der Waals surface area contributed by atoms with Crippen LogP contribution in [0.1, 0.15) is 6.42 Å². The standard InChI is InChI=1S/C13H10BrN3O2/c14-9-3-1-8(2-4-9)11-6-15-13(16-11)17-7-10(18)5-12(17)19/h1-4,6H,5,7H2,(H,15,16). The fourth-order valence-corrected chi connectivity index (χ4v) is 2.27. The highest BCUT2D eigenvalue weighted by Gasteiger charge is 2.30. The van der Waals surface area contributed by atoms with E-state index in [0.29, 0.717) is 5.95 Å². The molecule has 1 amide bonds. The highest BCUT2D eigenvalue weighted by atomic mass is 79.9. The molecule has 19 heavy (non-hydrogen) atoms. The summed E-state index contributed by atoms with van der Waals surface area (Å²) in [6.07, 6.45) is 1.63. The van der Waals surface area contributed by atoms with Crippen molar-refractivity contribution in [2.75, 3.05) is 11.4 Å². The first-order chi connectivity index (χ1) is 9.13. The first kappa shape index (κ1) is 12.1. The van der Waals surface area contributed by atoms with E-state index in [-0.39, 0.29) is 24.7 Å². The van der Waals surface area contributed by atoms with Gasteiger partial charge in [0.05, 0.1) is 24.9 Å². The van der Waals surface area contributed by atoms with Gasteiger partial charge in [0.15, 0.2) is 5.78 Å². The monoisotopic (exact) mass is 319 g/mol. The molecule has 0 unspecified atom stereocenters. The van der Waals surface area contributed by atoms with Gasteiger partial charge < -0.3 is 4.98 Å². The van der Waals surface area contributed by atoms with E-state index in [2.05, 4.69) is 25.9 Å². The number of Topliss-reactive ketones (excluding diaryl/α,β-unsaturated/α-hetero) is 1. The topological polar surface area (TPSA) is 66.1 Å².